The van der Waals surface area contributed by atoms with E-state index in [1.807, 2.05) is 13.0 Å². The Morgan fingerprint density at radius 3 is 2.53 bits per heavy atom. The summed E-state index contributed by atoms with van der Waals surface area (Å²) in [6, 6.07) is 3.55. The number of rotatable bonds is 3. The highest BCUT2D eigenvalue weighted by Crippen LogP contribution is 2.22. The Bertz CT molecular complexity index is 695. The molecular weight excluding hydrogens is 244 g/mol. The number of aromatic amines is 1. The Balaban J connectivity index is 2.73. The summed E-state index contributed by atoms with van der Waals surface area (Å²) in [5.41, 5.74) is 6.34. The number of carbonyl (C=O) groups excluding carboxylic acids is 1. The van der Waals surface area contributed by atoms with Gasteiger partial charge in [0.05, 0.1) is 5.56 Å². The molecule has 0 bridgehead atoms. The quantitative estimate of drug-likeness (QED) is 0.883. The second-order valence-electron chi connectivity index (χ2n) is 4.44. The predicted octanol–water partition coefficient (Wildman–Crippen LogP) is 1.91. The molecule has 5 nitrogen and oxygen atoms in total. The lowest BCUT2D eigenvalue weighted by Crippen LogP contribution is -2.26. The fourth-order valence-electron chi connectivity index (χ4n) is 2.17. The highest BCUT2D eigenvalue weighted by Gasteiger charge is 2.19. The van der Waals surface area contributed by atoms with Crippen LogP contribution in [0.1, 0.15) is 34.4 Å². The topological polar surface area (TPSA) is 89.1 Å². The Labute approximate surface area is 110 Å². The van der Waals surface area contributed by atoms with Gasteiger partial charge in [0.25, 0.3) is 5.91 Å². The van der Waals surface area contributed by atoms with E-state index in [9.17, 15) is 9.59 Å². The lowest BCUT2D eigenvalue weighted by molar-refractivity contribution is 0.0998. The number of primary amides is 1. The number of hydrogen-bond acceptors (Lipinski definition) is 3. The van der Waals surface area contributed by atoms with E-state index in [0.29, 0.717) is 22.7 Å². The Morgan fingerprint density at radius 1 is 1.32 bits per heavy atom. The van der Waals surface area contributed by atoms with Crippen LogP contribution >= 0.6 is 0 Å². The van der Waals surface area contributed by atoms with Crippen LogP contribution in [-0.4, -0.2) is 10.9 Å². The van der Waals surface area contributed by atoms with Gasteiger partial charge in [-0.15, -0.1) is 0 Å². The third kappa shape index (κ3) is 2.19. The summed E-state index contributed by atoms with van der Waals surface area (Å²) in [5.74, 6) is 0.510. The van der Waals surface area contributed by atoms with E-state index in [0.717, 1.165) is 12.2 Å². The molecule has 0 aliphatic rings. The van der Waals surface area contributed by atoms with Crippen LogP contribution in [0.5, 0.6) is 0 Å². The van der Waals surface area contributed by atoms with Gasteiger partial charge < -0.3 is 15.1 Å². The van der Waals surface area contributed by atoms with Crippen LogP contribution in [0.3, 0.4) is 0 Å². The van der Waals surface area contributed by atoms with Crippen LogP contribution in [0.4, 0.5) is 0 Å². The molecule has 1 amide bonds. The number of nitrogens with one attached hydrogen (secondary N) is 1. The maximum Gasteiger partial charge on any atom is 0.254 e. The maximum absolute atomic E-state index is 12.4. The fraction of sp³-hybridized carbons (Fsp3) is 0.286. The predicted molar refractivity (Wildman–Crippen MR) is 72.1 cm³/mol. The van der Waals surface area contributed by atoms with Gasteiger partial charge in [-0.3, -0.25) is 9.59 Å². The standard InChI is InChI=1S/C14H16N2O3/c1-4-9-5-6-10(19-9)11-7(2)16-8(3)12(13(11)17)14(15)18/h5-6H,4H2,1-3H3,(H2,15,18)(H,16,17). The van der Waals surface area contributed by atoms with Crippen LogP contribution in [0.2, 0.25) is 0 Å². The van der Waals surface area contributed by atoms with Crippen LogP contribution < -0.4 is 11.2 Å². The zero-order valence-electron chi connectivity index (χ0n) is 11.2. The number of aromatic nitrogens is 1. The van der Waals surface area contributed by atoms with E-state index < -0.39 is 11.3 Å². The zero-order chi connectivity index (χ0) is 14.2. The lowest BCUT2D eigenvalue weighted by atomic mass is 10.0. The molecule has 0 spiro atoms. The number of carbonyl (C=O) groups is 1. The maximum atomic E-state index is 12.4. The first-order valence-corrected chi connectivity index (χ1v) is 6.08. The molecule has 0 atom stereocenters. The molecule has 2 aromatic rings. The van der Waals surface area contributed by atoms with Crippen molar-refractivity contribution in [2.75, 3.05) is 0 Å². The van der Waals surface area contributed by atoms with E-state index in [1.54, 1.807) is 19.9 Å². The lowest BCUT2D eigenvalue weighted by Gasteiger charge is -2.08. The molecule has 2 rings (SSSR count). The summed E-state index contributed by atoms with van der Waals surface area (Å²) in [7, 11) is 0. The number of H-pyrrole nitrogens is 1. The summed E-state index contributed by atoms with van der Waals surface area (Å²) >= 11 is 0. The number of pyridine rings is 1. The van der Waals surface area contributed by atoms with Gasteiger partial charge in [-0.25, -0.2) is 0 Å². The molecule has 0 aliphatic heterocycles. The van der Waals surface area contributed by atoms with Crippen LogP contribution in [0.25, 0.3) is 11.3 Å². The molecule has 0 unspecified atom stereocenters. The van der Waals surface area contributed by atoms with Gasteiger partial charge in [-0.2, -0.15) is 0 Å². The number of furan rings is 1. The van der Waals surface area contributed by atoms with E-state index >= 15 is 0 Å². The average molecular weight is 260 g/mol. The Hall–Kier alpha value is -2.30. The van der Waals surface area contributed by atoms with Crippen LogP contribution in [-0.2, 0) is 6.42 Å². The van der Waals surface area contributed by atoms with Crippen molar-refractivity contribution < 1.29 is 9.21 Å². The summed E-state index contributed by atoms with van der Waals surface area (Å²) in [5, 5.41) is 0. The smallest absolute Gasteiger partial charge is 0.254 e. The van der Waals surface area contributed by atoms with Crippen molar-refractivity contribution >= 4 is 5.91 Å². The van der Waals surface area contributed by atoms with Crippen molar-refractivity contribution in [2.45, 2.75) is 27.2 Å². The monoisotopic (exact) mass is 260 g/mol. The van der Waals surface area contributed by atoms with Crippen molar-refractivity contribution in [2.24, 2.45) is 5.73 Å². The first kappa shape index (κ1) is 13.1. The molecule has 0 saturated heterocycles. The van der Waals surface area contributed by atoms with Crippen LogP contribution in [0.15, 0.2) is 21.3 Å². The molecule has 0 aliphatic carbocycles. The molecule has 2 heterocycles. The van der Waals surface area contributed by atoms with Gasteiger partial charge >= 0.3 is 0 Å². The molecule has 5 heteroatoms. The van der Waals surface area contributed by atoms with Crippen molar-refractivity contribution in [1.29, 1.82) is 0 Å². The van der Waals surface area contributed by atoms with Gasteiger partial charge in [0.15, 0.2) is 0 Å². The summed E-state index contributed by atoms with van der Waals surface area (Å²) in [6.07, 6.45) is 0.742. The number of amides is 1. The average Bonchev–Trinajstić information content (AvgIpc) is 2.76. The minimum Gasteiger partial charge on any atom is -0.461 e. The van der Waals surface area contributed by atoms with E-state index in [2.05, 4.69) is 4.98 Å². The fourth-order valence-corrected chi connectivity index (χ4v) is 2.17. The van der Waals surface area contributed by atoms with Gasteiger partial charge in [0.2, 0.25) is 5.43 Å². The minimum atomic E-state index is -0.734. The largest absolute Gasteiger partial charge is 0.461 e. The van der Waals surface area contributed by atoms with E-state index in [-0.39, 0.29) is 5.56 Å². The van der Waals surface area contributed by atoms with Crippen molar-refractivity contribution in [3.05, 3.63) is 45.1 Å². The minimum absolute atomic E-state index is 0.0185. The molecule has 19 heavy (non-hydrogen) atoms. The van der Waals surface area contributed by atoms with Gasteiger partial charge in [0.1, 0.15) is 17.1 Å². The van der Waals surface area contributed by atoms with Gasteiger partial charge in [-0.05, 0) is 26.0 Å². The second kappa shape index (κ2) is 4.76. The normalized spacial score (nSPS) is 10.7. The van der Waals surface area contributed by atoms with Gasteiger partial charge in [-0.1, -0.05) is 6.92 Å². The molecule has 2 aromatic heterocycles. The Kier molecular flexibility index (Phi) is 3.29. The molecule has 100 valence electrons. The molecule has 0 saturated carbocycles. The SMILES string of the molecule is CCc1ccc(-c2c(C)[nH]c(C)c(C(N)=O)c2=O)o1. The van der Waals surface area contributed by atoms with E-state index in [4.69, 9.17) is 10.2 Å². The number of hydrogen-bond donors (Lipinski definition) is 2. The highest BCUT2D eigenvalue weighted by molar-refractivity contribution is 5.95. The number of aryl methyl sites for hydroxylation is 3. The second-order valence-corrected chi connectivity index (χ2v) is 4.44. The van der Waals surface area contributed by atoms with E-state index in [1.165, 1.54) is 0 Å². The molecular formula is C14H16N2O3. The van der Waals surface area contributed by atoms with Crippen LogP contribution in [0, 0.1) is 13.8 Å². The van der Waals surface area contributed by atoms with Crippen molar-refractivity contribution in [1.82, 2.24) is 4.98 Å². The zero-order valence-corrected chi connectivity index (χ0v) is 11.2. The Morgan fingerprint density at radius 2 is 2.00 bits per heavy atom. The third-order valence-electron chi connectivity index (χ3n) is 3.08. The summed E-state index contributed by atoms with van der Waals surface area (Å²) in [6.45, 7) is 5.38. The van der Waals surface area contributed by atoms with Crippen molar-refractivity contribution in [3.63, 3.8) is 0 Å². The highest BCUT2D eigenvalue weighted by atomic mass is 16.3. The molecule has 0 fully saturated rings. The molecule has 3 N–H and O–H groups in total. The van der Waals surface area contributed by atoms with Crippen molar-refractivity contribution in [3.8, 4) is 11.3 Å². The number of nitrogens with two attached hydrogens (primary N) is 1. The summed E-state index contributed by atoms with van der Waals surface area (Å²) < 4.78 is 5.58. The molecule has 0 radical (unpaired) electrons. The third-order valence-corrected chi connectivity index (χ3v) is 3.08. The van der Waals surface area contributed by atoms with Gasteiger partial charge in [0, 0.05) is 17.8 Å². The molecule has 0 aromatic carbocycles. The first-order valence-electron chi connectivity index (χ1n) is 6.08. The first-order chi connectivity index (χ1) is 8.95. The summed E-state index contributed by atoms with van der Waals surface area (Å²) in [4.78, 5) is 26.7.